The van der Waals surface area contributed by atoms with Gasteiger partial charge in [0.1, 0.15) is 9.88 Å². The first-order chi connectivity index (χ1) is 10.9. The molecule has 2 saturated heterocycles. The molecule has 1 atom stereocenters. The maximum Gasteiger partial charge on any atom is 0.265 e. The number of aryl methyl sites for hydroxylation is 1. The molecule has 0 saturated carbocycles. The number of hydrogen-bond acceptors (Lipinski definition) is 6. The molecule has 0 aliphatic carbocycles. The predicted octanol–water partition coefficient (Wildman–Crippen LogP) is 1.31. The van der Waals surface area contributed by atoms with Crippen molar-refractivity contribution in [1.82, 2.24) is 14.8 Å². The van der Waals surface area contributed by atoms with Gasteiger partial charge in [0, 0.05) is 13.1 Å². The molecule has 1 amide bonds. The van der Waals surface area contributed by atoms with Gasteiger partial charge in [-0.1, -0.05) is 0 Å². The Morgan fingerprint density at radius 2 is 2.09 bits per heavy atom. The Balaban J connectivity index is 1.70. The van der Waals surface area contributed by atoms with E-state index in [1.807, 2.05) is 6.92 Å². The molecule has 0 N–H and O–H groups in total. The molecule has 1 unspecified atom stereocenters. The minimum atomic E-state index is -2.99. The van der Waals surface area contributed by atoms with Crippen molar-refractivity contribution < 1.29 is 13.2 Å². The third-order valence-corrected chi connectivity index (χ3v) is 7.55. The fourth-order valence-electron chi connectivity index (χ4n) is 3.26. The molecular weight excluding hydrogens is 334 g/mol. The number of carbonyl (C=O) groups is 1. The second-order valence-electron chi connectivity index (χ2n) is 6.48. The quantitative estimate of drug-likeness (QED) is 0.812. The van der Waals surface area contributed by atoms with Crippen molar-refractivity contribution in [3.8, 4) is 0 Å². The topological polar surface area (TPSA) is 70.6 Å². The van der Waals surface area contributed by atoms with E-state index < -0.39 is 9.84 Å². The molecule has 2 fully saturated rings. The number of aromatic nitrogens is 1. The second-order valence-corrected chi connectivity index (χ2v) is 9.79. The Hall–Kier alpha value is -0.990. The van der Waals surface area contributed by atoms with E-state index in [0.29, 0.717) is 11.3 Å². The number of carbonyl (C=O) groups excluding carboxylic acids is 1. The molecular formula is C15H23N3O3S2. The summed E-state index contributed by atoms with van der Waals surface area (Å²) < 4.78 is 23.2. The first kappa shape index (κ1) is 16.9. The van der Waals surface area contributed by atoms with Crippen LogP contribution in [0.3, 0.4) is 0 Å². The summed E-state index contributed by atoms with van der Waals surface area (Å²) in [4.78, 5) is 21.8. The largest absolute Gasteiger partial charge is 0.337 e. The third kappa shape index (κ3) is 3.75. The highest BCUT2D eigenvalue weighted by atomic mass is 32.2. The molecule has 3 rings (SSSR count). The van der Waals surface area contributed by atoms with Gasteiger partial charge in [-0.25, -0.2) is 13.4 Å². The lowest BCUT2D eigenvalue weighted by Gasteiger charge is -2.22. The maximum absolute atomic E-state index is 12.7. The van der Waals surface area contributed by atoms with Gasteiger partial charge in [-0.2, -0.15) is 0 Å². The Bertz CT molecular complexity index is 693. The molecule has 1 aromatic rings. The summed E-state index contributed by atoms with van der Waals surface area (Å²) in [5.74, 6) is 0.153. The van der Waals surface area contributed by atoms with Gasteiger partial charge in [0.05, 0.1) is 23.7 Å². The molecule has 0 bridgehead atoms. The minimum Gasteiger partial charge on any atom is -0.337 e. The highest BCUT2D eigenvalue weighted by Gasteiger charge is 2.34. The number of likely N-dealkylation sites (tertiary alicyclic amines) is 1. The summed E-state index contributed by atoms with van der Waals surface area (Å²) in [5.41, 5.74) is 0.752. The van der Waals surface area contributed by atoms with Crippen LogP contribution in [0.1, 0.15) is 39.6 Å². The molecule has 0 aromatic carbocycles. The molecule has 6 nitrogen and oxygen atoms in total. The van der Waals surface area contributed by atoms with Crippen LogP contribution >= 0.6 is 11.3 Å². The van der Waals surface area contributed by atoms with E-state index in [-0.39, 0.29) is 23.5 Å². The van der Waals surface area contributed by atoms with E-state index in [9.17, 15) is 13.2 Å². The van der Waals surface area contributed by atoms with Crippen LogP contribution in [0, 0.1) is 6.92 Å². The standard InChI is InChI=1S/C15H23N3O3S2/c1-11-14(22-13(16-11)9-18-6-3-4-7-18)15(19)17(2)12-5-8-23(20,21)10-12/h12H,3-10H2,1-2H3. The maximum atomic E-state index is 12.7. The minimum absolute atomic E-state index is 0.0771. The number of sulfone groups is 1. The van der Waals surface area contributed by atoms with Gasteiger partial charge >= 0.3 is 0 Å². The van der Waals surface area contributed by atoms with E-state index in [4.69, 9.17) is 0 Å². The SMILES string of the molecule is Cc1nc(CN2CCCC2)sc1C(=O)N(C)C1CCS(=O)(=O)C1. The summed E-state index contributed by atoms with van der Waals surface area (Å²) in [6.07, 6.45) is 2.99. The van der Waals surface area contributed by atoms with Crippen molar-refractivity contribution in [3.63, 3.8) is 0 Å². The van der Waals surface area contributed by atoms with Crippen LogP contribution in [-0.2, 0) is 16.4 Å². The van der Waals surface area contributed by atoms with Crippen LogP contribution in [-0.4, -0.2) is 66.8 Å². The van der Waals surface area contributed by atoms with Crippen LogP contribution < -0.4 is 0 Å². The molecule has 1 aromatic heterocycles. The normalized spacial score (nSPS) is 24.2. The van der Waals surface area contributed by atoms with Crippen LogP contribution in [0.5, 0.6) is 0 Å². The smallest absolute Gasteiger partial charge is 0.265 e. The summed E-state index contributed by atoms with van der Waals surface area (Å²) in [7, 11) is -1.29. The van der Waals surface area contributed by atoms with Crippen LogP contribution in [0.4, 0.5) is 0 Å². The number of hydrogen-bond donors (Lipinski definition) is 0. The van der Waals surface area contributed by atoms with Crippen molar-refractivity contribution in [2.45, 2.75) is 38.8 Å². The van der Waals surface area contributed by atoms with Crippen molar-refractivity contribution in [3.05, 3.63) is 15.6 Å². The molecule has 2 aliphatic rings. The van der Waals surface area contributed by atoms with Crippen molar-refractivity contribution in [1.29, 1.82) is 0 Å². The molecule has 8 heteroatoms. The lowest BCUT2D eigenvalue weighted by molar-refractivity contribution is 0.0751. The summed E-state index contributed by atoms with van der Waals surface area (Å²) in [5, 5.41) is 0.972. The van der Waals surface area contributed by atoms with Gasteiger partial charge in [-0.05, 0) is 39.3 Å². The van der Waals surface area contributed by atoms with E-state index >= 15 is 0 Å². The Morgan fingerprint density at radius 3 is 2.70 bits per heavy atom. The first-order valence-corrected chi connectivity index (χ1v) is 10.7. The first-order valence-electron chi connectivity index (χ1n) is 8.02. The lowest BCUT2D eigenvalue weighted by atomic mass is 10.2. The third-order valence-electron chi connectivity index (χ3n) is 4.67. The van der Waals surface area contributed by atoms with E-state index in [1.54, 1.807) is 11.9 Å². The molecule has 3 heterocycles. The van der Waals surface area contributed by atoms with Gasteiger partial charge < -0.3 is 4.90 Å². The fraction of sp³-hybridized carbons (Fsp3) is 0.733. The van der Waals surface area contributed by atoms with Gasteiger partial charge in [0.25, 0.3) is 5.91 Å². The van der Waals surface area contributed by atoms with Gasteiger partial charge in [-0.15, -0.1) is 11.3 Å². The zero-order chi connectivity index (χ0) is 16.6. The van der Waals surface area contributed by atoms with Crippen molar-refractivity contribution in [2.75, 3.05) is 31.6 Å². The zero-order valence-corrected chi connectivity index (χ0v) is 15.3. The average Bonchev–Trinajstić information content (AvgIpc) is 3.19. The van der Waals surface area contributed by atoms with Gasteiger partial charge in [-0.3, -0.25) is 9.69 Å². The van der Waals surface area contributed by atoms with Gasteiger partial charge in [0.15, 0.2) is 9.84 Å². The van der Waals surface area contributed by atoms with E-state index in [1.165, 1.54) is 24.2 Å². The predicted molar refractivity (Wildman–Crippen MR) is 90.5 cm³/mol. The number of rotatable bonds is 4. The number of amides is 1. The molecule has 2 aliphatic heterocycles. The zero-order valence-electron chi connectivity index (χ0n) is 13.6. The highest BCUT2D eigenvalue weighted by molar-refractivity contribution is 7.91. The molecule has 0 radical (unpaired) electrons. The van der Waals surface area contributed by atoms with Crippen molar-refractivity contribution in [2.24, 2.45) is 0 Å². The average molecular weight is 358 g/mol. The van der Waals surface area contributed by atoms with Crippen LogP contribution in [0.2, 0.25) is 0 Å². The Kier molecular flexibility index (Phi) is 4.75. The molecule has 0 spiro atoms. The lowest BCUT2D eigenvalue weighted by Crippen LogP contribution is -2.37. The number of nitrogens with zero attached hydrogens (tertiary/aromatic N) is 3. The van der Waals surface area contributed by atoms with E-state index in [0.717, 1.165) is 30.3 Å². The fourth-order valence-corrected chi connectivity index (χ4v) is 6.12. The summed E-state index contributed by atoms with van der Waals surface area (Å²) in [6.45, 7) is 4.86. The number of thiazole rings is 1. The molecule has 23 heavy (non-hydrogen) atoms. The van der Waals surface area contributed by atoms with Crippen LogP contribution in [0.25, 0.3) is 0 Å². The van der Waals surface area contributed by atoms with E-state index in [2.05, 4.69) is 9.88 Å². The summed E-state index contributed by atoms with van der Waals surface area (Å²) in [6, 6.07) is -0.212. The van der Waals surface area contributed by atoms with Crippen LogP contribution in [0.15, 0.2) is 0 Å². The Labute approximate surface area is 141 Å². The monoisotopic (exact) mass is 357 g/mol. The highest BCUT2D eigenvalue weighted by Crippen LogP contribution is 2.25. The summed E-state index contributed by atoms with van der Waals surface area (Å²) >= 11 is 1.45. The Morgan fingerprint density at radius 1 is 1.39 bits per heavy atom. The molecule has 128 valence electrons. The van der Waals surface area contributed by atoms with Gasteiger partial charge in [0.2, 0.25) is 0 Å². The van der Waals surface area contributed by atoms with Crippen molar-refractivity contribution >= 4 is 27.1 Å². The second kappa shape index (κ2) is 6.49.